The average Bonchev–Trinajstić information content (AvgIpc) is 2.96. The van der Waals surface area contributed by atoms with Gasteiger partial charge in [-0.15, -0.1) is 0 Å². The van der Waals surface area contributed by atoms with Crippen molar-refractivity contribution in [1.82, 2.24) is 9.78 Å². The number of fused-ring (bicyclic) bond motifs is 1. The van der Waals surface area contributed by atoms with E-state index in [0.717, 1.165) is 4.47 Å². The molecule has 0 aliphatic rings. The molecule has 3 aromatic rings. The van der Waals surface area contributed by atoms with Crippen LogP contribution in [0.3, 0.4) is 0 Å². The summed E-state index contributed by atoms with van der Waals surface area (Å²) in [4.78, 5) is 24.1. The van der Waals surface area contributed by atoms with Crippen molar-refractivity contribution >= 4 is 44.4 Å². The summed E-state index contributed by atoms with van der Waals surface area (Å²) in [6.07, 6.45) is 0. The number of methoxy groups -OCH3 is 1. The van der Waals surface area contributed by atoms with Crippen molar-refractivity contribution in [2.45, 2.75) is 6.54 Å². The van der Waals surface area contributed by atoms with Crippen LogP contribution in [0.25, 0.3) is 10.9 Å². The maximum Gasteiger partial charge on any atom is 0.327 e. The number of amides is 1. The lowest BCUT2D eigenvalue weighted by molar-refractivity contribution is -0.141. The fourth-order valence-corrected chi connectivity index (χ4v) is 2.59. The second-order valence-electron chi connectivity index (χ2n) is 5.06. The van der Waals surface area contributed by atoms with E-state index in [1.165, 1.54) is 11.8 Å². The van der Waals surface area contributed by atoms with E-state index < -0.39 is 5.97 Å². The number of anilines is 1. The molecule has 2 aromatic carbocycles. The van der Waals surface area contributed by atoms with Gasteiger partial charge in [0.2, 0.25) is 0 Å². The SMILES string of the molecule is COC(=O)Cn1nc(C(=O)Nc2ccc(Br)cc2)c2ccccc21. The molecule has 122 valence electrons. The second-order valence-corrected chi connectivity index (χ2v) is 5.98. The average molecular weight is 388 g/mol. The first-order chi connectivity index (χ1) is 11.6. The molecule has 1 heterocycles. The van der Waals surface area contributed by atoms with Gasteiger partial charge < -0.3 is 10.1 Å². The van der Waals surface area contributed by atoms with Crippen molar-refractivity contribution in [3.8, 4) is 0 Å². The van der Waals surface area contributed by atoms with Crippen molar-refractivity contribution in [2.75, 3.05) is 12.4 Å². The topological polar surface area (TPSA) is 73.2 Å². The van der Waals surface area contributed by atoms with Gasteiger partial charge in [0, 0.05) is 15.5 Å². The first kappa shape index (κ1) is 16.2. The Hall–Kier alpha value is -2.67. The number of ether oxygens (including phenoxy) is 1. The van der Waals surface area contributed by atoms with E-state index in [-0.39, 0.29) is 18.1 Å². The molecular weight excluding hydrogens is 374 g/mol. The molecule has 0 saturated heterocycles. The maximum atomic E-state index is 12.6. The molecule has 0 radical (unpaired) electrons. The number of para-hydroxylation sites is 1. The molecule has 0 aliphatic carbocycles. The first-order valence-electron chi connectivity index (χ1n) is 7.18. The van der Waals surface area contributed by atoms with Crippen molar-refractivity contribution in [3.63, 3.8) is 0 Å². The molecule has 0 bridgehead atoms. The highest BCUT2D eigenvalue weighted by Crippen LogP contribution is 2.20. The molecule has 6 nitrogen and oxygen atoms in total. The van der Waals surface area contributed by atoms with Crippen LogP contribution in [-0.4, -0.2) is 28.8 Å². The fraction of sp³-hybridized carbons (Fsp3) is 0.118. The van der Waals surface area contributed by atoms with Crippen LogP contribution in [0, 0.1) is 0 Å². The number of hydrogen-bond acceptors (Lipinski definition) is 4. The van der Waals surface area contributed by atoms with Crippen LogP contribution >= 0.6 is 15.9 Å². The first-order valence-corrected chi connectivity index (χ1v) is 7.97. The largest absolute Gasteiger partial charge is 0.468 e. The molecule has 1 N–H and O–H groups in total. The number of esters is 1. The quantitative estimate of drug-likeness (QED) is 0.697. The molecule has 0 saturated carbocycles. The van der Waals surface area contributed by atoms with Gasteiger partial charge >= 0.3 is 5.97 Å². The van der Waals surface area contributed by atoms with Gasteiger partial charge in [-0.05, 0) is 30.3 Å². The number of hydrogen-bond donors (Lipinski definition) is 1. The van der Waals surface area contributed by atoms with Crippen LogP contribution in [-0.2, 0) is 16.1 Å². The summed E-state index contributed by atoms with van der Waals surface area (Å²) in [5, 5.41) is 7.77. The molecule has 7 heteroatoms. The molecule has 0 fully saturated rings. The van der Waals surface area contributed by atoms with Crippen molar-refractivity contribution in [1.29, 1.82) is 0 Å². The van der Waals surface area contributed by atoms with Crippen molar-refractivity contribution in [2.24, 2.45) is 0 Å². The fourth-order valence-electron chi connectivity index (χ4n) is 2.33. The Morgan fingerprint density at radius 3 is 2.58 bits per heavy atom. The number of halogens is 1. The minimum absolute atomic E-state index is 0.0530. The predicted octanol–water partition coefficient (Wildman–Crippen LogP) is 3.22. The lowest BCUT2D eigenvalue weighted by atomic mass is 10.2. The third-order valence-corrected chi connectivity index (χ3v) is 4.01. The summed E-state index contributed by atoms with van der Waals surface area (Å²) < 4.78 is 7.07. The maximum absolute atomic E-state index is 12.6. The Balaban J connectivity index is 1.94. The summed E-state index contributed by atoms with van der Waals surface area (Å²) in [6, 6.07) is 14.5. The van der Waals surface area contributed by atoms with E-state index in [9.17, 15) is 9.59 Å². The third kappa shape index (κ3) is 3.30. The van der Waals surface area contributed by atoms with Crippen molar-refractivity contribution in [3.05, 3.63) is 58.7 Å². The summed E-state index contributed by atoms with van der Waals surface area (Å²) in [7, 11) is 1.31. The van der Waals surface area contributed by atoms with Crippen LogP contribution in [0.5, 0.6) is 0 Å². The Morgan fingerprint density at radius 1 is 1.17 bits per heavy atom. The molecular formula is C17H14BrN3O3. The summed E-state index contributed by atoms with van der Waals surface area (Å²) in [6.45, 7) is -0.0530. The van der Waals surface area contributed by atoms with Crippen molar-refractivity contribution < 1.29 is 14.3 Å². The normalized spacial score (nSPS) is 10.6. The smallest absolute Gasteiger partial charge is 0.327 e. The highest BCUT2D eigenvalue weighted by Gasteiger charge is 2.18. The number of carbonyl (C=O) groups is 2. The summed E-state index contributed by atoms with van der Waals surface area (Å²) >= 11 is 3.35. The molecule has 1 amide bonds. The number of nitrogens with one attached hydrogen (secondary N) is 1. The molecule has 0 atom stereocenters. The van der Waals surface area contributed by atoms with E-state index in [1.807, 2.05) is 30.3 Å². The van der Waals surface area contributed by atoms with Gasteiger partial charge in [-0.25, -0.2) is 0 Å². The minimum atomic E-state index is -0.428. The van der Waals surface area contributed by atoms with Gasteiger partial charge in [-0.1, -0.05) is 34.1 Å². The minimum Gasteiger partial charge on any atom is -0.468 e. The van der Waals surface area contributed by atoms with E-state index in [4.69, 9.17) is 0 Å². The molecule has 0 unspecified atom stereocenters. The Bertz CT molecular complexity index is 903. The molecule has 1 aromatic heterocycles. The highest BCUT2D eigenvalue weighted by atomic mass is 79.9. The zero-order valence-electron chi connectivity index (χ0n) is 12.8. The van der Waals surface area contributed by atoms with Gasteiger partial charge in [0.15, 0.2) is 5.69 Å². The monoisotopic (exact) mass is 387 g/mol. The Morgan fingerprint density at radius 2 is 1.88 bits per heavy atom. The van der Waals surface area contributed by atoms with Crippen LogP contribution in [0.15, 0.2) is 53.0 Å². The van der Waals surface area contributed by atoms with Crippen LogP contribution in [0.2, 0.25) is 0 Å². The van der Waals surface area contributed by atoms with E-state index >= 15 is 0 Å². The van der Waals surface area contributed by atoms with Gasteiger partial charge in [0.25, 0.3) is 5.91 Å². The third-order valence-electron chi connectivity index (χ3n) is 3.48. The van der Waals surface area contributed by atoms with Gasteiger partial charge in [0.05, 0.1) is 12.6 Å². The van der Waals surface area contributed by atoms with Crippen LogP contribution in [0.1, 0.15) is 10.5 Å². The second kappa shape index (κ2) is 6.84. The van der Waals surface area contributed by atoms with E-state index in [2.05, 4.69) is 31.1 Å². The predicted molar refractivity (Wildman–Crippen MR) is 93.8 cm³/mol. The van der Waals surface area contributed by atoms with Crippen LogP contribution < -0.4 is 5.32 Å². The lowest BCUT2D eigenvalue weighted by Gasteiger charge is -2.03. The highest BCUT2D eigenvalue weighted by molar-refractivity contribution is 9.10. The summed E-state index contributed by atoms with van der Waals surface area (Å²) in [5.41, 5.74) is 1.62. The summed E-state index contributed by atoms with van der Waals surface area (Å²) in [5.74, 6) is -0.764. The van der Waals surface area contributed by atoms with E-state index in [1.54, 1.807) is 18.2 Å². The van der Waals surface area contributed by atoms with E-state index in [0.29, 0.717) is 16.6 Å². The molecule has 3 rings (SSSR count). The molecule has 24 heavy (non-hydrogen) atoms. The molecule has 0 spiro atoms. The molecule has 0 aliphatic heterocycles. The standard InChI is InChI=1S/C17H14BrN3O3/c1-24-15(22)10-21-14-5-3-2-4-13(14)16(20-21)17(23)19-12-8-6-11(18)7-9-12/h2-9H,10H2,1H3,(H,19,23). The zero-order chi connectivity index (χ0) is 17.1. The van der Waals surface area contributed by atoms with Gasteiger partial charge in [-0.2, -0.15) is 5.10 Å². The lowest BCUT2D eigenvalue weighted by Crippen LogP contribution is -2.16. The number of carbonyl (C=O) groups excluding carboxylic acids is 2. The van der Waals surface area contributed by atoms with Crippen LogP contribution in [0.4, 0.5) is 5.69 Å². The number of nitrogens with zero attached hydrogens (tertiary/aromatic N) is 2. The number of benzene rings is 2. The van der Waals surface area contributed by atoms with Gasteiger partial charge in [-0.3, -0.25) is 14.3 Å². The Kier molecular flexibility index (Phi) is 4.61. The zero-order valence-corrected chi connectivity index (χ0v) is 14.4. The number of aromatic nitrogens is 2. The van der Waals surface area contributed by atoms with Gasteiger partial charge in [0.1, 0.15) is 6.54 Å². The number of rotatable bonds is 4. The Labute approximate surface area is 146 Å².